The maximum atomic E-state index is 12.0. The Bertz CT molecular complexity index is 705. The van der Waals surface area contributed by atoms with E-state index in [1.165, 1.54) is 4.91 Å². The number of alkyl halides is 2. The highest BCUT2D eigenvalue weighted by Gasteiger charge is 2.14. The van der Waals surface area contributed by atoms with Crippen LogP contribution in [0.15, 0.2) is 17.2 Å². The Hall–Kier alpha value is -1.25. The Morgan fingerprint density at radius 2 is 2.15 bits per heavy atom. The van der Waals surface area contributed by atoms with Crippen molar-refractivity contribution in [3.63, 3.8) is 0 Å². The van der Waals surface area contributed by atoms with E-state index in [0.717, 1.165) is 32.9 Å². The molecule has 2 aromatic heterocycles. The fourth-order valence-corrected chi connectivity index (χ4v) is 4.02. The molecule has 0 aromatic carbocycles. The highest BCUT2D eigenvalue weighted by atomic mass is 32.2. The van der Waals surface area contributed by atoms with Gasteiger partial charge in [-0.1, -0.05) is 19.9 Å². The van der Waals surface area contributed by atoms with Gasteiger partial charge in [0.2, 0.25) is 0 Å². The number of hydrogen-bond donors (Lipinski definition) is 1. The van der Waals surface area contributed by atoms with E-state index >= 15 is 0 Å². The van der Waals surface area contributed by atoms with Crippen LogP contribution in [0.1, 0.15) is 37.6 Å². The third-order valence-corrected chi connectivity index (χ3v) is 5.91. The molecule has 0 aliphatic carbocycles. The monoisotopic (exact) mass is 403 g/mol. The lowest BCUT2D eigenvalue weighted by molar-refractivity contribution is -0.129. The molecule has 26 heavy (non-hydrogen) atoms. The molecule has 0 radical (unpaired) electrons. The van der Waals surface area contributed by atoms with Gasteiger partial charge < -0.3 is 10.1 Å². The van der Waals surface area contributed by atoms with Crippen LogP contribution in [0.3, 0.4) is 0 Å². The summed E-state index contributed by atoms with van der Waals surface area (Å²) in [5.74, 6) is 0. The maximum Gasteiger partial charge on any atom is 0.345 e. The van der Waals surface area contributed by atoms with Crippen molar-refractivity contribution in [3.8, 4) is 0 Å². The Labute approximate surface area is 162 Å². The second-order valence-electron chi connectivity index (χ2n) is 5.13. The number of fused-ring (bicyclic) bond motifs is 1. The van der Waals surface area contributed by atoms with Crippen molar-refractivity contribution in [1.82, 2.24) is 10.2 Å². The lowest BCUT2D eigenvalue weighted by Gasteiger charge is -2.07. The van der Waals surface area contributed by atoms with Crippen molar-refractivity contribution in [1.29, 1.82) is 0 Å². The zero-order valence-corrected chi connectivity index (χ0v) is 17.6. The molecule has 0 aliphatic rings. The quantitative estimate of drug-likeness (QED) is 0.530. The van der Waals surface area contributed by atoms with E-state index in [4.69, 9.17) is 0 Å². The summed E-state index contributed by atoms with van der Waals surface area (Å²) in [5, 5.41) is 11.7. The minimum atomic E-state index is -2.70. The molecule has 2 heterocycles. The summed E-state index contributed by atoms with van der Waals surface area (Å²) >= 11 is 3.35. The fourth-order valence-electron chi connectivity index (χ4n) is 2.30. The second kappa shape index (κ2) is 12.2. The summed E-state index contributed by atoms with van der Waals surface area (Å²) in [6, 6.07) is 0. The SMILES string of the molecule is C/C=C(/CNc1cnnc2c(C)c(CCCOC(F)F)sc12)SC.CC. The standard InChI is InChI=1S/C16H21F2N3OS2.C2H6/c1-4-11(23-3)8-19-12-9-20-21-14-10(2)13(24-15(12)14)6-5-7-22-16(17)18;1-2/h4,9,16H,5-8H2,1-3H3,(H,19,21);1-2H3/b11-4-;. The predicted octanol–water partition coefficient (Wildman–Crippen LogP) is 5.88. The van der Waals surface area contributed by atoms with Gasteiger partial charge in [0.05, 0.1) is 23.2 Å². The van der Waals surface area contributed by atoms with E-state index in [0.29, 0.717) is 12.8 Å². The summed E-state index contributed by atoms with van der Waals surface area (Å²) in [7, 11) is 0. The normalized spacial score (nSPS) is 11.6. The van der Waals surface area contributed by atoms with Gasteiger partial charge in [-0.2, -0.15) is 13.9 Å². The van der Waals surface area contributed by atoms with E-state index in [9.17, 15) is 8.78 Å². The number of ether oxygens (including phenoxy) is 1. The molecule has 0 aliphatic heterocycles. The summed E-state index contributed by atoms with van der Waals surface area (Å²) in [6.45, 7) is 6.11. The molecule has 1 N–H and O–H groups in total. The van der Waals surface area contributed by atoms with Gasteiger partial charge in [-0.25, -0.2) is 0 Å². The van der Waals surface area contributed by atoms with E-state index in [2.05, 4.69) is 26.3 Å². The molecule has 0 saturated heterocycles. The number of thioether (sulfide) groups is 1. The Morgan fingerprint density at radius 1 is 1.42 bits per heavy atom. The van der Waals surface area contributed by atoms with Gasteiger partial charge in [-0.05, 0) is 43.4 Å². The van der Waals surface area contributed by atoms with Gasteiger partial charge in [0.1, 0.15) is 5.52 Å². The molecule has 0 amide bonds. The molecule has 4 nitrogen and oxygen atoms in total. The molecule has 2 aromatic rings. The summed E-state index contributed by atoms with van der Waals surface area (Å²) in [6.07, 6.45) is 7.12. The number of nitrogens with zero attached hydrogens (tertiary/aromatic N) is 2. The van der Waals surface area contributed by atoms with Gasteiger partial charge in [-0.15, -0.1) is 28.2 Å². The third kappa shape index (κ3) is 6.48. The number of anilines is 1. The van der Waals surface area contributed by atoms with E-state index < -0.39 is 6.61 Å². The van der Waals surface area contributed by atoms with Crippen molar-refractivity contribution in [2.24, 2.45) is 0 Å². The molecule has 8 heteroatoms. The Morgan fingerprint density at radius 3 is 2.77 bits per heavy atom. The average molecular weight is 404 g/mol. The molecular weight excluding hydrogens is 376 g/mol. The molecule has 146 valence electrons. The molecule has 0 unspecified atom stereocenters. The van der Waals surface area contributed by atoms with Crippen LogP contribution in [0.25, 0.3) is 10.2 Å². The van der Waals surface area contributed by atoms with Gasteiger partial charge in [0.15, 0.2) is 0 Å². The molecule has 0 saturated carbocycles. The first kappa shape index (κ1) is 22.8. The minimum absolute atomic E-state index is 0.0561. The van der Waals surface area contributed by atoms with Gasteiger partial charge in [-0.3, -0.25) is 0 Å². The topological polar surface area (TPSA) is 47.0 Å². The number of halogens is 2. The maximum absolute atomic E-state index is 12.0. The number of aryl methyl sites for hydroxylation is 2. The predicted molar refractivity (Wildman–Crippen MR) is 110 cm³/mol. The molecule has 0 spiro atoms. The van der Waals surface area contributed by atoms with Crippen molar-refractivity contribution in [2.45, 2.75) is 47.1 Å². The highest BCUT2D eigenvalue weighted by molar-refractivity contribution is 8.02. The summed E-state index contributed by atoms with van der Waals surface area (Å²) in [5.41, 5.74) is 2.90. The van der Waals surface area contributed by atoms with Crippen LogP contribution in [0.4, 0.5) is 14.5 Å². The lowest BCUT2D eigenvalue weighted by Crippen LogP contribution is -2.03. The van der Waals surface area contributed by atoms with Crippen LogP contribution < -0.4 is 5.32 Å². The van der Waals surface area contributed by atoms with Crippen LogP contribution in [-0.4, -0.2) is 36.2 Å². The number of allylic oxidation sites excluding steroid dienone is 1. The van der Waals surface area contributed by atoms with E-state index in [1.54, 1.807) is 29.3 Å². The molecule has 0 atom stereocenters. The number of nitrogens with one attached hydrogen (secondary N) is 1. The fraction of sp³-hybridized carbons (Fsp3) is 0.556. The largest absolute Gasteiger partial charge is 0.378 e. The van der Waals surface area contributed by atoms with Crippen molar-refractivity contribution in [2.75, 3.05) is 24.7 Å². The van der Waals surface area contributed by atoms with Gasteiger partial charge in [0, 0.05) is 11.4 Å². The van der Waals surface area contributed by atoms with E-state index in [-0.39, 0.29) is 6.61 Å². The van der Waals surface area contributed by atoms with Crippen LogP contribution in [0, 0.1) is 6.92 Å². The van der Waals surface area contributed by atoms with Crippen LogP contribution in [0.2, 0.25) is 0 Å². The first-order chi connectivity index (χ1) is 12.6. The first-order valence-corrected chi connectivity index (χ1v) is 10.7. The lowest BCUT2D eigenvalue weighted by atomic mass is 10.2. The first-order valence-electron chi connectivity index (χ1n) is 8.63. The number of thiophene rings is 1. The number of aromatic nitrogens is 2. The smallest absolute Gasteiger partial charge is 0.345 e. The van der Waals surface area contributed by atoms with Crippen LogP contribution in [-0.2, 0) is 11.2 Å². The van der Waals surface area contributed by atoms with Crippen molar-refractivity contribution < 1.29 is 13.5 Å². The van der Waals surface area contributed by atoms with Crippen molar-refractivity contribution >= 4 is 39.0 Å². The Balaban J connectivity index is 0.00000163. The second-order valence-corrected chi connectivity index (χ2v) is 7.17. The molecular formula is C18H27F2N3OS2. The molecule has 0 fully saturated rings. The zero-order chi connectivity index (χ0) is 19.5. The Kier molecular flexibility index (Phi) is 10.7. The molecule has 2 rings (SSSR count). The summed E-state index contributed by atoms with van der Waals surface area (Å²) < 4.78 is 29.4. The third-order valence-electron chi connectivity index (χ3n) is 3.63. The van der Waals surface area contributed by atoms with Gasteiger partial charge in [0.25, 0.3) is 0 Å². The van der Waals surface area contributed by atoms with Crippen LogP contribution in [0.5, 0.6) is 0 Å². The zero-order valence-electron chi connectivity index (χ0n) is 15.9. The summed E-state index contributed by atoms with van der Waals surface area (Å²) in [4.78, 5) is 2.39. The average Bonchev–Trinajstić information content (AvgIpc) is 2.98. The minimum Gasteiger partial charge on any atom is -0.378 e. The number of hydrogen-bond acceptors (Lipinski definition) is 6. The van der Waals surface area contributed by atoms with Crippen molar-refractivity contribution in [3.05, 3.63) is 27.6 Å². The molecule has 0 bridgehead atoms. The highest BCUT2D eigenvalue weighted by Crippen LogP contribution is 2.34. The van der Waals surface area contributed by atoms with Crippen LogP contribution >= 0.6 is 23.1 Å². The van der Waals surface area contributed by atoms with Gasteiger partial charge >= 0.3 is 6.61 Å². The van der Waals surface area contributed by atoms with E-state index in [1.807, 2.05) is 34.0 Å². The number of rotatable bonds is 9.